The molecule has 2 aromatic heterocycles. The van der Waals surface area contributed by atoms with E-state index in [9.17, 15) is 9.59 Å². The molecule has 0 aromatic carbocycles. The summed E-state index contributed by atoms with van der Waals surface area (Å²) in [4.78, 5) is 31.5. The normalized spacial score (nSPS) is 23.8. The fourth-order valence-corrected chi connectivity index (χ4v) is 3.59. The third-order valence-electron chi connectivity index (χ3n) is 4.96. The zero-order chi connectivity index (χ0) is 17.6. The third-order valence-corrected chi connectivity index (χ3v) is 4.96. The zero-order valence-electron chi connectivity index (χ0n) is 14.4. The molecular weight excluding hydrogens is 320 g/mol. The van der Waals surface area contributed by atoms with Crippen molar-refractivity contribution in [2.45, 2.75) is 50.7 Å². The van der Waals surface area contributed by atoms with Crippen LogP contribution in [0.15, 0.2) is 18.5 Å². The van der Waals surface area contributed by atoms with Crippen LogP contribution in [0.2, 0.25) is 0 Å². The summed E-state index contributed by atoms with van der Waals surface area (Å²) in [5, 5.41) is 9.90. The standard InChI is InChI=1S/C17H22N6O2/c1-10-9-13(21-20-10)17(25)19-12-5-6-14(24)23(11-3-4-11)15(12)16-18-7-8-22(16)2/h7-9,11-12,15H,3-6H2,1-2H3,(H,19,25)(H,20,21)/t12-,15-/m1/s1. The molecule has 1 aliphatic carbocycles. The molecule has 1 aliphatic heterocycles. The fourth-order valence-electron chi connectivity index (χ4n) is 3.59. The summed E-state index contributed by atoms with van der Waals surface area (Å²) < 4.78 is 1.93. The topological polar surface area (TPSA) is 95.9 Å². The number of aromatic amines is 1. The van der Waals surface area contributed by atoms with E-state index in [1.807, 2.05) is 29.6 Å². The number of likely N-dealkylation sites (tertiary alicyclic amines) is 1. The number of amides is 2. The summed E-state index contributed by atoms with van der Waals surface area (Å²) in [7, 11) is 1.92. The van der Waals surface area contributed by atoms with Gasteiger partial charge in [0.25, 0.3) is 5.91 Å². The second-order valence-electron chi connectivity index (χ2n) is 6.93. The van der Waals surface area contributed by atoms with Crippen molar-refractivity contribution in [2.24, 2.45) is 7.05 Å². The summed E-state index contributed by atoms with van der Waals surface area (Å²) in [5.74, 6) is 0.735. The van der Waals surface area contributed by atoms with Crippen molar-refractivity contribution in [3.05, 3.63) is 35.7 Å². The van der Waals surface area contributed by atoms with Gasteiger partial charge in [-0.1, -0.05) is 0 Å². The highest BCUT2D eigenvalue weighted by Gasteiger charge is 2.46. The van der Waals surface area contributed by atoms with Gasteiger partial charge < -0.3 is 14.8 Å². The first kappa shape index (κ1) is 15.9. The molecule has 2 aliphatic rings. The number of carbonyl (C=O) groups is 2. The van der Waals surface area contributed by atoms with Crippen LogP contribution in [0.25, 0.3) is 0 Å². The average molecular weight is 342 g/mol. The highest BCUT2D eigenvalue weighted by molar-refractivity contribution is 5.92. The van der Waals surface area contributed by atoms with E-state index in [0.29, 0.717) is 18.5 Å². The molecule has 8 heteroatoms. The predicted octanol–water partition coefficient (Wildman–Crippen LogP) is 1.08. The minimum atomic E-state index is -0.238. The van der Waals surface area contributed by atoms with Crippen LogP contribution < -0.4 is 5.32 Å². The Bertz CT molecular complexity index is 806. The van der Waals surface area contributed by atoms with Crippen molar-refractivity contribution < 1.29 is 9.59 Å². The summed E-state index contributed by atoms with van der Waals surface area (Å²) in [6.45, 7) is 1.86. The van der Waals surface area contributed by atoms with Crippen molar-refractivity contribution in [3.8, 4) is 0 Å². The SMILES string of the molecule is Cc1cc(C(=O)N[C@@H]2CCC(=O)N(C3CC3)[C@H]2c2nccn2C)n[nH]1. The minimum absolute atomic E-state index is 0.150. The molecule has 2 amide bonds. The molecule has 0 radical (unpaired) electrons. The number of rotatable bonds is 4. The first-order valence-corrected chi connectivity index (χ1v) is 8.66. The van der Waals surface area contributed by atoms with Gasteiger partial charge in [-0.15, -0.1) is 0 Å². The lowest BCUT2D eigenvalue weighted by molar-refractivity contribution is -0.138. The lowest BCUT2D eigenvalue weighted by atomic mass is 9.94. The summed E-state index contributed by atoms with van der Waals surface area (Å²) in [6, 6.07) is 1.57. The Morgan fingerprint density at radius 3 is 2.76 bits per heavy atom. The fraction of sp³-hybridized carbons (Fsp3) is 0.529. The van der Waals surface area contributed by atoms with Crippen molar-refractivity contribution in [3.63, 3.8) is 0 Å². The number of H-pyrrole nitrogens is 1. The molecule has 2 atom stereocenters. The number of hydrogen-bond acceptors (Lipinski definition) is 4. The number of nitrogens with zero attached hydrogens (tertiary/aromatic N) is 4. The Balaban J connectivity index is 1.63. The van der Waals surface area contributed by atoms with Gasteiger partial charge in [0.05, 0.1) is 6.04 Å². The molecule has 132 valence electrons. The van der Waals surface area contributed by atoms with E-state index in [-0.39, 0.29) is 29.9 Å². The van der Waals surface area contributed by atoms with Crippen LogP contribution in [0.4, 0.5) is 0 Å². The Labute approximate surface area is 145 Å². The maximum absolute atomic E-state index is 12.6. The quantitative estimate of drug-likeness (QED) is 0.869. The van der Waals surface area contributed by atoms with Crippen molar-refractivity contribution in [1.29, 1.82) is 0 Å². The van der Waals surface area contributed by atoms with Crippen LogP contribution in [0.5, 0.6) is 0 Å². The summed E-state index contributed by atoms with van der Waals surface area (Å²) in [6.07, 6.45) is 6.69. The maximum Gasteiger partial charge on any atom is 0.272 e. The molecule has 1 saturated heterocycles. The smallest absolute Gasteiger partial charge is 0.272 e. The monoisotopic (exact) mass is 342 g/mol. The van der Waals surface area contributed by atoms with Crippen LogP contribution in [0.1, 0.15) is 53.7 Å². The van der Waals surface area contributed by atoms with Gasteiger partial charge in [-0.05, 0) is 32.3 Å². The Hall–Kier alpha value is -2.64. The molecule has 3 heterocycles. The highest BCUT2D eigenvalue weighted by atomic mass is 16.2. The van der Waals surface area contributed by atoms with Gasteiger partial charge in [-0.25, -0.2) is 4.98 Å². The number of aromatic nitrogens is 4. The zero-order valence-corrected chi connectivity index (χ0v) is 14.4. The number of carbonyl (C=O) groups excluding carboxylic acids is 2. The molecule has 2 fully saturated rings. The van der Waals surface area contributed by atoms with E-state index < -0.39 is 0 Å². The number of aryl methyl sites for hydroxylation is 2. The predicted molar refractivity (Wildman–Crippen MR) is 89.6 cm³/mol. The van der Waals surface area contributed by atoms with E-state index in [1.165, 1.54) is 0 Å². The van der Waals surface area contributed by atoms with Crippen molar-refractivity contribution in [2.75, 3.05) is 0 Å². The average Bonchev–Trinajstić information content (AvgIpc) is 3.18. The Morgan fingerprint density at radius 1 is 1.36 bits per heavy atom. The molecule has 25 heavy (non-hydrogen) atoms. The molecule has 2 N–H and O–H groups in total. The van der Waals surface area contributed by atoms with Gasteiger partial charge in [-0.3, -0.25) is 14.7 Å². The van der Waals surface area contributed by atoms with E-state index in [1.54, 1.807) is 12.3 Å². The second kappa shape index (κ2) is 6.02. The Kier molecular flexibility index (Phi) is 3.82. The molecule has 1 saturated carbocycles. The third kappa shape index (κ3) is 2.92. The van der Waals surface area contributed by atoms with Crippen LogP contribution in [0.3, 0.4) is 0 Å². The first-order valence-electron chi connectivity index (χ1n) is 8.66. The van der Waals surface area contributed by atoms with E-state index in [4.69, 9.17) is 0 Å². The van der Waals surface area contributed by atoms with Gasteiger partial charge >= 0.3 is 0 Å². The van der Waals surface area contributed by atoms with E-state index in [0.717, 1.165) is 24.4 Å². The molecular formula is C17H22N6O2. The lowest BCUT2D eigenvalue weighted by Gasteiger charge is -2.41. The maximum atomic E-state index is 12.6. The number of piperidine rings is 1. The Morgan fingerprint density at radius 2 is 2.16 bits per heavy atom. The molecule has 4 rings (SSSR count). The molecule has 8 nitrogen and oxygen atoms in total. The number of hydrogen-bond donors (Lipinski definition) is 2. The van der Waals surface area contributed by atoms with Gasteiger partial charge in [0.1, 0.15) is 17.6 Å². The van der Waals surface area contributed by atoms with Gasteiger partial charge in [-0.2, -0.15) is 5.10 Å². The summed E-state index contributed by atoms with van der Waals surface area (Å²) in [5.41, 5.74) is 1.20. The van der Waals surface area contributed by atoms with Crippen molar-refractivity contribution in [1.82, 2.24) is 30.0 Å². The van der Waals surface area contributed by atoms with Gasteiger partial charge in [0.2, 0.25) is 5.91 Å². The van der Waals surface area contributed by atoms with Crippen LogP contribution >= 0.6 is 0 Å². The molecule has 2 aromatic rings. The van der Waals surface area contributed by atoms with Crippen molar-refractivity contribution >= 4 is 11.8 Å². The van der Waals surface area contributed by atoms with Gasteiger partial charge in [0, 0.05) is 37.6 Å². The first-order chi connectivity index (χ1) is 12.0. The van der Waals surface area contributed by atoms with Crippen LogP contribution in [0, 0.1) is 6.92 Å². The van der Waals surface area contributed by atoms with Crippen LogP contribution in [-0.4, -0.2) is 48.5 Å². The molecule has 0 bridgehead atoms. The largest absolute Gasteiger partial charge is 0.345 e. The van der Waals surface area contributed by atoms with Crippen LogP contribution in [-0.2, 0) is 11.8 Å². The minimum Gasteiger partial charge on any atom is -0.345 e. The van der Waals surface area contributed by atoms with E-state index >= 15 is 0 Å². The second-order valence-corrected chi connectivity index (χ2v) is 6.93. The van der Waals surface area contributed by atoms with E-state index in [2.05, 4.69) is 20.5 Å². The molecule has 0 spiro atoms. The molecule has 0 unspecified atom stereocenters. The highest BCUT2D eigenvalue weighted by Crippen LogP contribution is 2.40. The number of nitrogens with one attached hydrogen (secondary N) is 2. The van der Waals surface area contributed by atoms with Gasteiger partial charge in [0.15, 0.2) is 0 Å². The number of imidazole rings is 1. The summed E-state index contributed by atoms with van der Waals surface area (Å²) >= 11 is 0. The lowest BCUT2D eigenvalue weighted by Crippen LogP contribution is -2.53.